The topological polar surface area (TPSA) is 44.1 Å². The van der Waals surface area contributed by atoms with E-state index in [1.165, 1.54) is 4.90 Å². The predicted molar refractivity (Wildman–Crippen MR) is 47.8 cm³/mol. The summed E-state index contributed by atoms with van der Waals surface area (Å²) < 4.78 is 0. The minimum absolute atomic E-state index is 0.0571. The number of alkyl halides is 1. The van der Waals surface area contributed by atoms with Crippen LogP contribution in [0.3, 0.4) is 0 Å². The highest BCUT2D eigenvalue weighted by Crippen LogP contribution is 2.04. The standard InChI is InChI=1S/C8H13ClN2O/c1-3-4-7(6-10)11(2)8(12)5-9/h7H,3-5H2,1-2H3. The third kappa shape index (κ3) is 3.10. The first-order chi connectivity index (χ1) is 5.67. The summed E-state index contributed by atoms with van der Waals surface area (Å²) in [5.41, 5.74) is 0. The Kier molecular flexibility index (Phi) is 5.48. The molecule has 0 N–H and O–H groups in total. The first-order valence-electron chi connectivity index (χ1n) is 3.88. The van der Waals surface area contributed by atoms with E-state index in [4.69, 9.17) is 16.9 Å². The molecule has 0 aliphatic carbocycles. The van der Waals surface area contributed by atoms with Crippen molar-refractivity contribution in [2.45, 2.75) is 25.8 Å². The van der Waals surface area contributed by atoms with Gasteiger partial charge in [0.1, 0.15) is 11.9 Å². The molecule has 0 saturated heterocycles. The maximum Gasteiger partial charge on any atom is 0.238 e. The quantitative estimate of drug-likeness (QED) is 0.626. The van der Waals surface area contributed by atoms with Crippen molar-refractivity contribution in [3.8, 4) is 6.07 Å². The second-order valence-electron chi connectivity index (χ2n) is 2.57. The lowest BCUT2D eigenvalue weighted by Gasteiger charge is -2.20. The molecule has 0 spiro atoms. The fourth-order valence-electron chi connectivity index (χ4n) is 0.886. The van der Waals surface area contributed by atoms with Gasteiger partial charge in [-0.1, -0.05) is 13.3 Å². The summed E-state index contributed by atoms with van der Waals surface area (Å²) in [5, 5.41) is 8.68. The van der Waals surface area contributed by atoms with E-state index in [9.17, 15) is 4.79 Å². The van der Waals surface area contributed by atoms with Crippen molar-refractivity contribution in [3.05, 3.63) is 0 Å². The molecule has 0 aliphatic heterocycles. The molecule has 0 bridgehead atoms. The Bertz CT molecular complexity index is 188. The van der Waals surface area contributed by atoms with E-state index in [1.807, 2.05) is 6.92 Å². The molecule has 1 amide bonds. The minimum atomic E-state index is -0.332. The summed E-state index contributed by atoms with van der Waals surface area (Å²) in [7, 11) is 1.61. The summed E-state index contributed by atoms with van der Waals surface area (Å²) in [6.07, 6.45) is 1.59. The molecule has 0 fully saturated rings. The lowest BCUT2D eigenvalue weighted by molar-refractivity contribution is -0.128. The number of hydrogen-bond acceptors (Lipinski definition) is 2. The minimum Gasteiger partial charge on any atom is -0.329 e. The molecule has 0 radical (unpaired) electrons. The molecule has 0 rings (SSSR count). The largest absolute Gasteiger partial charge is 0.329 e. The Hall–Kier alpha value is -0.750. The monoisotopic (exact) mass is 188 g/mol. The second kappa shape index (κ2) is 5.84. The molecular weight excluding hydrogens is 176 g/mol. The van der Waals surface area contributed by atoms with E-state index >= 15 is 0 Å². The van der Waals surface area contributed by atoms with E-state index in [0.717, 1.165) is 6.42 Å². The number of carbonyl (C=O) groups excluding carboxylic acids is 1. The molecular formula is C8H13ClN2O. The molecule has 68 valence electrons. The van der Waals surface area contributed by atoms with E-state index < -0.39 is 0 Å². The number of nitriles is 1. The highest BCUT2D eigenvalue weighted by Gasteiger charge is 2.16. The first kappa shape index (κ1) is 11.2. The second-order valence-corrected chi connectivity index (χ2v) is 2.84. The first-order valence-corrected chi connectivity index (χ1v) is 4.42. The van der Waals surface area contributed by atoms with Crippen LogP contribution in [0.4, 0.5) is 0 Å². The van der Waals surface area contributed by atoms with Crippen LogP contribution in [0, 0.1) is 11.3 Å². The molecule has 3 nitrogen and oxygen atoms in total. The predicted octanol–water partition coefficient (Wildman–Crippen LogP) is 1.38. The van der Waals surface area contributed by atoms with Crippen molar-refractivity contribution in [2.24, 2.45) is 0 Å². The average molecular weight is 189 g/mol. The van der Waals surface area contributed by atoms with Gasteiger partial charge in [0.05, 0.1) is 6.07 Å². The van der Waals surface area contributed by atoms with Gasteiger partial charge in [0.15, 0.2) is 0 Å². The number of hydrogen-bond donors (Lipinski definition) is 0. The molecule has 1 atom stereocenters. The fourth-order valence-corrected chi connectivity index (χ4v) is 1.07. The highest BCUT2D eigenvalue weighted by atomic mass is 35.5. The number of rotatable bonds is 4. The Labute approximate surface area is 77.9 Å². The smallest absolute Gasteiger partial charge is 0.238 e. The third-order valence-corrected chi connectivity index (χ3v) is 1.91. The van der Waals surface area contributed by atoms with Crippen LogP contribution in [-0.4, -0.2) is 29.8 Å². The van der Waals surface area contributed by atoms with Gasteiger partial charge < -0.3 is 4.90 Å². The van der Waals surface area contributed by atoms with Gasteiger partial charge in [0.25, 0.3) is 0 Å². The maximum absolute atomic E-state index is 11.0. The van der Waals surface area contributed by atoms with Crippen LogP contribution in [0.1, 0.15) is 19.8 Å². The van der Waals surface area contributed by atoms with Gasteiger partial charge in [-0.05, 0) is 6.42 Å². The van der Waals surface area contributed by atoms with Crippen molar-refractivity contribution in [1.29, 1.82) is 5.26 Å². The van der Waals surface area contributed by atoms with Gasteiger partial charge >= 0.3 is 0 Å². The summed E-state index contributed by atoms with van der Waals surface area (Å²) >= 11 is 5.35. The van der Waals surface area contributed by atoms with Crippen LogP contribution in [0.5, 0.6) is 0 Å². The van der Waals surface area contributed by atoms with Crippen LogP contribution >= 0.6 is 11.6 Å². The molecule has 0 aromatic carbocycles. The van der Waals surface area contributed by atoms with Gasteiger partial charge in [-0.3, -0.25) is 4.79 Å². The average Bonchev–Trinajstić information content (AvgIpc) is 2.11. The molecule has 0 saturated carbocycles. The zero-order valence-electron chi connectivity index (χ0n) is 7.38. The van der Waals surface area contributed by atoms with Crippen LogP contribution in [0.2, 0.25) is 0 Å². The molecule has 12 heavy (non-hydrogen) atoms. The van der Waals surface area contributed by atoms with Crippen molar-refractivity contribution >= 4 is 17.5 Å². The van der Waals surface area contributed by atoms with Gasteiger partial charge in [-0.25, -0.2) is 0 Å². The maximum atomic E-state index is 11.0. The molecule has 0 aromatic rings. The lowest BCUT2D eigenvalue weighted by Crippen LogP contribution is -2.36. The Morgan fingerprint density at radius 3 is 2.67 bits per heavy atom. The van der Waals surface area contributed by atoms with E-state index in [0.29, 0.717) is 6.42 Å². The number of nitrogens with zero attached hydrogens (tertiary/aromatic N) is 2. The van der Waals surface area contributed by atoms with Crippen LogP contribution < -0.4 is 0 Å². The van der Waals surface area contributed by atoms with E-state index in [2.05, 4.69) is 6.07 Å². The molecule has 0 heterocycles. The fraction of sp³-hybridized carbons (Fsp3) is 0.750. The summed E-state index contributed by atoms with van der Waals surface area (Å²) in [4.78, 5) is 12.4. The zero-order valence-corrected chi connectivity index (χ0v) is 8.14. The van der Waals surface area contributed by atoms with Crippen molar-refractivity contribution < 1.29 is 4.79 Å². The Morgan fingerprint density at radius 1 is 1.75 bits per heavy atom. The van der Waals surface area contributed by atoms with Crippen molar-refractivity contribution in [1.82, 2.24) is 4.90 Å². The van der Waals surface area contributed by atoms with Gasteiger partial charge in [0, 0.05) is 7.05 Å². The summed E-state index contributed by atoms with van der Waals surface area (Å²) in [6, 6.07) is 1.73. The zero-order chi connectivity index (χ0) is 9.56. The summed E-state index contributed by atoms with van der Waals surface area (Å²) in [6.45, 7) is 1.98. The SMILES string of the molecule is CCCC(C#N)N(C)C(=O)CCl. The van der Waals surface area contributed by atoms with E-state index in [1.54, 1.807) is 7.05 Å². The molecule has 0 aromatic heterocycles. The van der Waals surface area contributed by atoms with Crippen LogP contribution in [0.15, 0.2) is 0 Å². The van der Waals surface area contributed by atoms with E-state index in [-0.39, 0.29) is 17.8 Å². The Balaban J connectivity index is 4.13. The number of amides is 1. The Morgan fingerprint density at radius 2 is 2.33 bits per heavy atom. The van der Waals surface area contributed by atoms with Gasteiger partial charge in [-0.15, -0.1) is 11.6 Å². The number of halogens is 1. The highest BCUT2D eigenvalue weighted by molar-refractivity contribution is 6.27. The van der Waals surface area contributed by atoms with Crippen molar-refractivity contribution in [3.63, 3.8) is 0 Å². The van der Waals surface area contributed by atoms with Crippen molar-refractivity contribution in [2.75, 3.05) is 12.9 Å². The molecule has 1 unspecified atom stereocenters. The summed E-state index contributed by atoms with van der Waals surface area (Å²) in [5.74, 6) is -0.255. The molecule has 0 aliphatic rings. The lowest BCUT2D eigenvalue weighted by atomic mass is 10.1. The van der Waals surface area contributed by atoms with Gasteiger partial charge in [-0.2, -0.15) is 5.26 Å². The molecule has 4 heteroatoms. The normalized spacial score (nSPS) is 11.8. The van der Waals surface area contributed by atoms with Gasteiger partial charge in [0.2, 0.25) is 5.91 Å². The number of carbonyl (C=O) groups is 1. The van der Waals surface area contributed by atoms with Crippen LogP contribution in [0.25, 0.3) is 0 Å². The third-order valence-electron chi connectivity index (χ3n) is 1.69. The van der Waals surface area contributed by atoms with Crippen LogP contribution in [-0.2, 0) is 4.79 Å².